The molecule has 0 saturated carbocycles. The van der Waals surface area contributed by atoms with Crippen LogP contribution in [0, 0.1) is 18.3 Å². The van der Waals surface area contributed by atoms with Gasteiger partial charge in [0.2, 0.25) is 0 Å². The molecular formula is C17H15N3. The van der Waals surface area contributed by atoms with Crippen molar-refractivity contribution in [1.82, 2.24) is 4.98 Å². The summed E-state index contributed by atoms with van der Waals surface area (Å²) in [7, 11) is 0. The molecule has 2 aromatic carbocycles. The molecule has 0 fully saturated rings. The Labute approximate surface area is 117 Å². The van der Waals surface area contributed by atoms with Crippen LogP contribution >= 0.6 is 0 Å². The molecular weight excluding hydrogens is 246 g/mol. The second-order valence-electron chi connectivity index (χ2n) is 4.82. The van der Waals surface area contributed by atoms with Gasteiger partial charge in [0.25, 0.3) is 0 Å². The fourth-order valence-corrected chi connectivity index (χ4v) is 2.46. The minimum atomic E-state index is 0.702. The number of nitrogens with zero attached hydrogens (tertiary/aromatic N) is 1. The van der Waals surface area contributed by atoms with Crippen molar-refractivity contribution < 1.29 is 0 Å². The van der Waals surface area contributed by atoms with Crippen molar-refractivity contribution in [3.8, 4) is 6.07 Å². The molecule has 3 nitrogen and oxygen atoms in total. The molecule has 0 aliphatic carbocycles. The molecule has 0 spiro atoms. The highest BCUT2D eigenvalue weighted by Crippen LogP contribution is 2.22. The number of nitriles is 1. The molecule has 1 heterocycles. The molecule has 20 heavy (non-hydrogen) atoms. The molecule has 0 unspecified atom stereocenters. The number of nitrogens with one attached hydrogen (secondary N) is 2. The Morgan fingerprint density at radius 3 is 2.85 bits per heavy atom. The summed E-state index contributed by atoms with van der Waals surface area (Å²) >= 11 is 0. The lowest BCUT2D eigenvalue weighted by Gasteiger charge is -2.10. The third-order valence-electron chi connectivity index (χ3n) is 3.54. The van der Waals surface area contributed by atoms with Crippen LogP contribution in [0.1, 0.15) is 16.7 Å². The van der Waals surface area contributed by atoms with Gasteiger partial charge in [-0.15, -0.1) is 0 Å². The Bertz CT molecular complexity index is 793. The first-order valence-electron chi connectivity index (χ1n) is 6.58. The van der Waals surface area contributed by atoms with Gasteiger partial charge in [-0.2, -0.15) is 5.26 Å². The fourth-order valence-electron chi connectivity index (χ4n) is 2.46. The van der Waals surface area contributed by atoms with Crippen LogP contribution in [0.5, 0.6) is 0 Å². The van der Waals surface area contributed by atoms with E-state index in [4.69, 9.17) is 0 Å². The summed E-state index contributed by atoms with van der Waals surface area (Å²) in [6.07, 6.45) is 1.95. The number of benzene rings is 2. The Morgan fingerprint density at radius 2 is 2.00 bits per heavy atom. The molecule has 3 heteroatoms. The van der Waals surface area contributed by atoms with Gasteiger partial charge in [-0.25, -0.2) is 0 Å². The Kier molecular flexibility index (Phi) is 3.14. The number of anilines is 1. The zero-order valence-corrected chi connectivity index (χ0v) is 11.3. The minimum absolute atomic E-state index is 0.702. The van der Waals surface area contributed by atoms with E-state index in [1.165, 1.54) is 10.9 Å². The molecule has 0 aliphatic rings. The predicted octanol–water partition coefficient (Wildman–Crippen LogP) is 3.96. The molecule has 0 radical (unpaired) electrons. The maximum atomic E-state index is 9.24. The largest absolute Gasteiger partial charge is 0.380 e. The van der Waals surface area contributed by atoms with Gasteiger partial charge in [0.15, 0.2) is 0 Å². The number of aromatic amines is 1. The highest BCUT2D eigenvalue weighted by molar-refractivity contribution is 5.83. The first-order chi connectivity index (χ1) is 9.79. The fraction of sp³-hybridized carbons (Fsp3) is 0.118. The Balaban J connectivity index is 1.89. The average Bonchev–Trinajstić information content (AvgIpc) is 2.94. The molecule has 0 aliphatic heterocycles. The smallest absolute Gasteiger partial charge is 0.102 e. The van der Waals surface area contributed by atoms with Crippen LogP contribution in [0.15, 0.2) is 48.7 Å². The van der Waals surface area contributed by atoms with Crippen molar-refractivity contribution in [2.45, 2.75) is 13.5 Å². The van der Waals surface area contributed by atoms with Crippen molar-refractivity contribution in [2.75, 3.05) is 5.32 Å². The maximum absolute atomic E-state index is 9.24. The van der Waals surface area contributed by atoms with Crippen LogP contribution in [0.25, 0.3) is 10.9 Å². The molecule has 3 aromatic rings. The molecule has 98 valence electrons. The summed E-state index contributed by atoms with van der Waals surface area (Å²) in [6, 6.07) is 16.4. The van der Waals surface area contributed by atoms with Crippen LogP contribution in [0.4, 0.5) is 5.69 Å². The monoisotopic (exact) mass is 261 g/mol. The van der Waals surface area contributed by atoms with E-state index in [2.05, 4.69) is 34.6 Å². The molecule has 0 bridgehead atoms. The average molecular weight is 261 g/mol. The normalized spacial score (nSPS) is 10.4. The summed E-state index contributed by atoms with van der Waals surface area (Å²) in [5, 5.41) is 13.8. The van der Waals surface area contributed by atoms with E-state index in [-0.39, 0.29) is 0 Å². The van der Waals surface area contributed by atoms with Gasteiger partial charge in [0.1, 0.15) is 6.07 Å². The van der Waals surface area contributed by atoms with E-state index in [1.807, 2.05) is 37.4 Å². The summed E-state index contributed by atoms with van der Waals surface area (Å²) in [5.41, 5.74) is 4.95. The quantitative estimate of drug-likeness (QED) is 0.749. The molecule has 1 aromatic heterocycles. The van der Waals surface area contributed by atoms with E-state index < -0.39 is 0 Å². The van der Waals surface area contributed by atoms with Crippen LogP contribution < -0.4 is 5.32 Å². The van der Waals surface area contributed by atoms with Crippen molar-refractivity contribution in [1.29, 1.82) is 5.26 Å². The zero-order chi connectivity index (χ0) is 13.9. The van der Waals surface area contributed by atoms with Crippen LogP contribution in [-0.4, -0.2) is 4.98 Å². The first-order valence-corrected chi connectivity index (χ1v) is 6.58. The van der Waals surface area contributed by atoms with E-state index in [1.54, 1.807) is 0 Å². The summed E-state index contributed by atoms with van der Waals surface area (Å²) in [6.45, 7) is 2.66. The van der Waals surface area contributed by atoms with Gasteiger partial charge in [-0.05, 0) is 36.2 Å². The van der Waals surface area contributed by atoms with Gasteiger partial charge in [-0.1, -0.05) is 24.3 Å². The number of aromatic nitrogens is 1. The lowest BCUT2D eigenvalue weighted by molar-refractivity contribution is 1.16. The number of hydrogen-bond acceptors (Lipinski definition) is 2. The first kappa shape index (κ1) is 12.3. The van der Waals surface area contributed by atoms with Crippen molar-refractivity contribution in [2.24, 2.45) is 0 Å². The van der Waals surface area contributed by atoms with Crippen molar-refractivity contribution in [3.63, 3.8) is 0 Å². The minimum Gasteiger partial charge on any atom is -0.380 e. The number of rotatable bonds is 3. The lowest BCUT2D eigenvalue weighted by atomic mass is 10.1. The number of aryl methyl sites for hydroxylation is 1. The van der Waals surface area contributed by atoms with E-state index >= 15 is 0 Å². The highest BCUT2D eigenvalue weighted by Gasteiger charge is 2.06. The van der Waals surface area contributed by atoms with Crippen molar-refractivity contribution >= 4 is 16.6 Å². The zero-order valence-electron chi connectivity index (χ0n) is 11.3. The molecule has 0 saturated heterocycles. The summed E-state index contributed by atoms with van der Waals surface area (Å²) in [5.74, 6) is 0. The van der Waals surface area contributed by atoms with Gasteiger partial charge >= 0.3 is 0 Å². The molecule has 0 amide bonds. The predicted molar refractivity (Wildman–Crippen MR) is 81.5 cm³/mol. The van der Waals surface area contributed by atoms with E-state index in [9.17, 15) is 5.26 Å². The molecule has 0 atom stereocenters. The van der Waals surface area contributed by atoms with E-state index in [0.29, 0.717) is 12.1 Å². The summed E-state index contributed by atoms with van der Waals surface area (Å²) in [4.78, 5) is 3.21. The number of H-pyrrole nitrogens is 1. The second kappa shape index (κ2) is 5.10. The Hall–Kier alpha value is -2.73. The maximum Gasteiger partial charge on any atom is 0.102 e. The highest BCUT2D eigenvalue weighted by atomic mass is 14.9. The lowest BCUT2D eigenvalue weighted by Crippen LogP contribution is -2.02. The van der Waals surface area contributed by atoms with Gasteiger partial charge in [0, 0.05) is 23.6 Å². The van der Waals surface area contributed by atoms with Gasteiger partial charge < -0.3 is 10.3 Å². The second-order valence-corrected chi connectivity index (χ2v) is 4.82. The third-order valence-corrected chi connectivity index (χ3v) is 3.54. The third kappa shape index (κ3) is 2.12. The number of hydrogen-bond donors (Lipinski definition) is 2. The SMILES string of the molecule is Cc1cccc(NCc2cccc3[nH]ccc23)c1C#N. The topological polar surface area (TPSA) is 51.6 Å². The van der Waals surface area contributed by atoms with E-state index in [0.717, 1.165) is 16.8 Å². The summed E-state index contributed by atoms with van der Waals surface area (Å²) < 4.78 is 0. The Morgan fingerprint density at radius 1 is 1.15 bits per heavy atom. The van der Waals surface area contributed by atoms with Crippen LogP contribution in [0.2, 0.25) is 0 Å². The van der Waals surface area contributed by atoms with Gasteiger partial charge in [-0.3, -0.25) is 0 Å². The van der Waals surface area contributed by atoms with Crippen LogP contribution in [0.3, 0.4) is 0 Å². The molecule has 3 rings (SSSR count). The van der Waals surface area contributed by atoms with Crippen molar-refractivity contribution in [3.05, 3.63) is 65.4 Å². The standard InChI is InChI=1S/C17H15N3/c1-12-4-2-6-17(15(12)10-18)20-11-13-5-3-7-16-14(13)8-9-19-16/h2-9,19-20H,11H2,1H3. The van der Waals surface area contributed by atoms with Gasteiger partial charge in [0.05, 0.1) is 11.3 Å². The number of fused-ring (bicyclic) bond motifs is 1. The molecule has 2 N–H and O–H groups in total. The van der Waals surface area contributed by atoms with Crippen LogP contribution in [-0.2, 0) is 6.54 Å².